The highest BCUT2D eigenvalue weighted by atomic mass is 16.5. The number of furan rings is 1. The van der Waals surface area contributed by atoms with Crippen LogP contribution in [-0.4, -0.2) is 51.3 Å². The third kappa shape index (κ3) is 7.19. The van der Waals surface area contributed by atoms with E-state index in [1.165, 1.54) is 6.26 Å². The molecule has 0 saturated heterocycles. The summed E-state index contributed by atoms with van der Waals surface area (Å²) in [5, 5.41) is 9.27. The van der Waals surface area contributed by atoms with Crippen LogP contribution in [0, 0.1) is 6.92 Å². The maximum Gasteiger partial charge on any atom is 0.287 e. The van der Waals surface area contributed by atoms with Crippen LogP contribution in [0.4, 0.5) is 0 Å². The Labute approximate surface area is 137 Å². The predicted octanol–water partition coefficient (Wildman–Crippen LogP) is 1.30. The predicted molar refractivity (Wildman–Crippen MR) is 90.8 cm³/mol. The fraction of sp³-hybridized carbons (Fsp3) is 0.625. The number of nitrogens with zero attached hydrogens (tertiary/aromatic N) is 1. The Morgan fingerprint density at radius 1 is 1.43 bits per heavy atom. The fourth-order valence-electron chi connectivity index (χ4n) is 2.00. The summed E-state index contributed by atoms with van der Waals surface area (Å²) in [6, 6.07) is 1.95. The maximum absolute atomic E-state index is 11.9. The first-order valence-corrected chi connectivity index (χ1v) is 7.94. The van der Waals surface area contributed by atoms with Gasteiger partial charge in [0.1, 0.15) is 0 Å². The SMILES string of the molecule is CCNC(=NCCCNC(=O)c1occc1C)NC(C)COC. The molecular weight excluding hydrogens is 296 g/mol. The van der Waals surface area contributed by atoms with Crippen molar-refractivity contribution < 1.29 is 13.9 Å². The molecule has 0 aromatic carbocycles. The second kappa shape index (κ2) is 10.7. The third-order valence-corrected chi connectivity index (χ3v) is 3.10. The molecule has 7 nitrogen and oxygen atoms in total. The molecule has 1 atom stereocenters. The van der Waals surface area contributed by atoms with E-state index in [2.05, 4.69) is 20.9 Å². The molecule has 23 heavy (non-hydrogen) atoms. The lowest BCUT2D eigenvalue weighted by Gasteiger charge is -2.16. The normalized spacial score (nSPS) is 12.8. The van der Waals surface area contributed by atoms with Crippen molar-refractivity contribution in [3.8, 4) is 0 Å². The molecule has 1 aromatic rings. The van der Waals surface area contributed by atoms with Crippen molar-refractivity contribution in [2.24, 2.45) is 4.99 Å². The molecule has 1 aromatic heterocycles. The Morgan fingerprint density at radius 3 is 2.83 bits per heavy atom. The highest BCUT2D eigenvalue weighted by Gasteiger charge is 2.11. The lowest BCUT2D eigenvalue weighted by atomic mass is 10.2. The number of aliphatic imine (C=N–C) groups is 1. The van der Waals surface area contributed by atoms with Crippen LogP contribution in [0.3, 0.4) is 0 Å². The summed E-state index contributed by atoms with van der Waals surface area (Å²) in [7, 11) is 1.67. The molecule has 0 bridgehead atoms. The Hall–Kier alpha value is -2.02. The highest BCUT2D eigenvalue weighted by molar-refractivity contribution is 5.92. The van der Waals surface area contributed by atoms with Crippen LogP contribution in [0.15, 0.2) is 21.7 Å². The van der Waals surface area contributed by atoms with Gasteiger partial charge in [0.2, 0.25) is 0 Å². The molecule has 0 saturated carbocycles. The van der Waals surface area contributed by atoms with E-state index in [-0.39, 0.29) is 11.9 Å². The number of hydrogen-bond acceptors (Lipinski definition) is 4. The van der Waals surface area contributed by atoms with Crippen LogP contribution >= 0.6 is 0 Å². The molecule has 1 heterocycles. The van der Waals surface area contributed by atoms with Crippen molar-refractivity contribution in [2.45, 2.75) is 33.2 Å². The lowest BCUT2D eigenvalue weighted by molar-refractivity contribution is 0.0925. The van der Waals surface area contributed by atoms with Gasteiger partial charge in [-0.05, 0) is 33.3 Å². The summed E-state index contributed by atoms with van der Waals surface area (Å²) in [5.41, 5.74) is 0.839. The Kier molecular flexibility index (Phi) is 8.82. The van der Waals surface area contributed by atoms with Crippen LogP contribution < -0.4 is 16.0 Å². The second-order valence-electron chi connectivity index (χ2n) is 5.30. The lowest BCUT2D eigenvalue weighted by Crippen LogP contribution is -2.44. The van der Waals surface area contributed by atoms with Crippen molar-refractivity contribution in [3.63, 3.8) is 0 Å². The van der Waals surface area contributed by atoms with Crippen LogP contribution in [0.2, 0.25) is 0 Å². The fourth-order valence-corrected chi connectivity index (χ4v) is 2.00. The molecule has 1 unspecified atom stereocenters. The molecule has 7 heteroatoms. The Bertz CT molecular complexity index is 499. The first kappa shape index (κ1) is 19.0. The topological polar surface area (TPSA) is 87.9 Å². The maximum atomic E-state index is 11.9. The summed E-state index contributed by atoms with van der Waals surface area (Å²) >= 11 is 0. The van der Waals surface area contributed by atoms with E-state index < -0.39 is 0 Å². The number of aryl methyl sites for hydroxylation is 1. The molecular formula is C16H28N4O3. The largest absolute Gasteiger partial charge is 0.459 e. The first-order chi connectivity index (χ1) is 11.1. The van der Waals surface area contributed by atoms with E-state index >= 15 is 0 Å². The van der Waals surface area contributed by atoms with Crippen LogP contribution in [0.5, 0.6) is 0 Å². The molecule has 0 aliphatic rings. The standard InChI is InChI=1S/C16H28N4O3/c1-5-17-16(20-13(3)11-22-4)19-9-6-8-18-15(21)14-12(2)7-10-23-14/h7,10,13H,5-6,8-9,11H2,1-4H3,(H,18,21)(H2,17,19,20). The van der Waals surface area contributed by atoms with Crippen molar-refractivity contribution in [1.82, 2.24) is 16.0 Å². The van der Waals surface area contributed by atoms with Crippen molar-refractivity contribution >= 4 is 11.9 Å². The monoisotopic (exact) mass is 324 g/mol. The number of carbonyl (C=O) groups excluding carboxylic acids is 1. The van der Waals surface area contributed by atoms with E-state index in [0.29, 0.717) is 25.5 Å². The summed E-state index contributed by atoms with van der Waals surface area (Å²) in [6.07, 6.45) is 2.27. The van der Waals surface area contributed by atoms with Crippen LogP contribution in [0.1, 0.15) is 36.4 Å². The molecule has 1 amide bonds. The minimum atomic E-state index is -0.185. The van der Waals surface area contributed by atoms with E-state index in [1.54, 1.807) is 13.2 Å². The Morgan fingerprint density at radius 2 is 2.22 bits per heavy atom. The van der Waals surface area contributed by atoms with Gasteiger partial charge in [0, 0.05) is 38.3 Å². The van der Waals surface area contributed by atoms with E-state index in [1.807, 2.05) is 20.8 Å². The van der Waals surface area contributed by atoms with Gasteiger partial charge >= 0.3 is 0 Å². The minimum absolute atomic E-state index is 0.180. The van der Waals surface area contributed by atoms with Gasteiger partial charge in [-0.25, -0.2) is 0 Å². The zero-order valence-electron chi connectivity index (χ0n) is 14.4. The summed E-state index contributed by atoms with van der Waals surface area (Å²) in [5.74, 6) is 0.942. The van der Waals surface area contributed by atoms with Gasteiger partial charge in [-0.1, -0.05) is 0 Å². The number of nitrogens with one attached hydrogen (secondary N) is 3. The van der Waals surface area contributed by atoms with E-state index in [9.17, 15) is 4.79 Å². The number of rotatable bonds is 9. The molecule has 1 rings (SSSR count). The van der Waals surface area contributed by atoms with Crippen LogP contribution in [-0.2, 0) is 4.74 Å². The van der Waals surface area contributed by atoms with Gasteiger partial charge in [0.05, 0.1) is 12.9 Å². The molecule has 0 radical (unpaired) electrons. The minimum Gasteiger partial charge on any atom is -0.459 e. The van der Waals surface area contributed by atoms with Gasteiger partial charge in [0.25, 0.3) is 5.91 Å². The zero-order chi connectivity index (χ0) is 17.1. The molecule has 0 aliphatic carbocycles. The van der Waals surface area contributed by atoms with E-state index in [0.717, 1.165) is 24.5 Å². The van der Waals surface area contributed by atoms with Crippen LogP contribution in [0.25, 0.3) is 0 Å². The van der Waals surface area contributed by atoms with Gasteiger partial charge < -0.3 is 25.1 Å². The summed E-state index contributed by atoms with van der Waals surface area (Å²) in [6.45, 7) is 8.47. The Balaban J connectivity index is 2.31. The number of methoxy groups -OCH3 is 1. The smallest absolute Gasteiger partial charge is 0.287 e. The molecule has 3 N–H and O–H groups in total. The molecule has 130 valence electrons. The van der Waals surface area contributed by atoms with Crippen molar-refractivity contribution in [2.75, 3.05) is 33.4 Å². The summed E-state index contributed by atoms with van der Waals surface area (Å²) in [4.78, 5) is 16.3. The number of hydrogen-bond donors (Lipinski definition) is 3. The number of guanidine groups is 1. The quantitative estimate of drug-likeness (QED) is 0.362. The van der Waals surface area contributed by atoms with Crippen molar-refractivity contribution in [1.29, 1.82) is 0 Å². The number of amides is 1. The van der Waals surface area contributed by atoms with Gasteiger partial charge in [-0.3, -0.25) is 9.79 Å². The van der Waals surface area contributed by atoms with Crippen molar-refractivity contribution in [3.05, 3.63) is 23.7 Å². The summed E-state index contributed by atoms with van der Waals surface area (Å²) < 4.78 is 10.2. The number of carbonyl (C=O) groups is 1. The highest BCUT2D eigenvalue weighted by Crippen LogP contribution is 2.07. The third-order valence-electron chi connectivity index (χ3n) is 3.10. The first-order valence-electron chi connectivity index (χ1n) is 7.94. The van der Waals surface area contributed by atoms with Gasteiger partial charge in [-0.15, -0.1) is 0 Å². The average molecular weight is 324 g/mol. The molecule has 0 spiro atoms. The second-order valence-corrected chi connectivity index (χ2v) is 5.30. The van der Waals surface area contributed by atoms with Gasteiger partial charge in [0.15, 0.2) is 11.7 Å². The molecule has 0 fully saturated rings. The average Bonchev–Trinajstić information content (AvgIpc) is 2.93. The zero-order valence-corrected chi connectivity index (χ0v) is 14.4. The molecule has 0 aliphatic heterocycles. The van der Waals surface area contributed by atoms with Gasteiger partial charge in [-0.2, -0.15) is 0 Å². The van der Waals surface area contributed by atoms with E-state index in [4.69, 9.17) is 9.15 Å². The number of ether oxygens (including phenoxy) is 1.